The van der Waals surface area contributed by atoms with Crippen LogP contribution in [-0.2, 0) is 10.0 Å². The first-order valence-corrected chi connectivity index (χ1v) is 7.60. The van der Waals surface area contributed by atoms with Crippen molar-refractivity contribution in [1.82, 2.24) is 10.0 Å². The summed E-state index contributed by atoms with van der Waals surface area (Å²) in [6, 6.07) is 2.54. The van der Waals surface area contributed by atoms with Crippen LogP contribution in [0.1, 0.15) is 18.1 Å². The largest absolute Gasteiger partial charge is 0.316 e. The first-order valence-electron chi connectivity index (χ1n) is 6.11. The van der Waals surface area contributed by atoms with E-state index in [1.54, 1.807) is 27.8 Å². The molecule has 0 saturated carbocycles. The van der Waals surface area contributed by atoms with Crippen LogP contribution in [0.3, 0.4) is 0 Å². The number of likely N-dealkylation sites (N-methyl/N-ethyl adjacent to an activating group) is 1. The van der Waals surface area contributed by atoms with Crippen molar-refractivity contribution in [3.8, 4) is 0 Å². The van der Waals surface area contributed by atoms with Gasteiger partial charge in [-0.2, -0.15) is 0 Å². The van der Waals surface area contributed by atoms with E-state index in [1.807, 2.05) is 0 Å². The third kappa shape index (κ3) is 3.75. The molecule has 1 rings (SSSR count). The Bertz CT molecular complexity index is 613. The van der Waals surface area contributed by atoms with Crippen LogP contribution in [0.25, 0.3) is 0 Å². The van der Waals surface area contributed by atoms with Gasteiger partial charge in [0.2, 0.25) is 10.0 Å². The molecule has 2 N–H and O–H groups in total. The number of nitrogens with zero attached hydrogens (tertiary/aromatic N) is 1. The summed E-state index contributed by atoms with van der Waals surface area (Å²) >= 11 is 0. The summed E-state index contributed by atoms with van der Waals surface area (Å²) in [5, 5.41) is 13.9. The van der Waals surface area contributed by atoms with Crippen molar-refractivity contribution in [2.75, 3.05) is 13.6 Å². The Kier molecular flexibility index (Phi) is 5.21. The molecule has 112 valence electrons. The Morgan fingerprint density at radius 1 is 1.30 bits per heavy atom. The number of nitro benzene ring substituents is 1. The van der Waals surface area contributed by atoms with Gasteiger partial charge in [-0.3, -0.25) is 10.1 Å². The highest BCUT2D eigenvalue weighted by Gasteiger charge is 2.26. The van der Waals surface area contributed by atoms with Gasteiger partial charge in [-0.25, -0.2) is 13.1 Å². The Labute approximate surface area is 118 Å². The molecule has 1 aromatic carbocycles. The maximum Gasteiger partial charge on any atom is 0.289 e. The number of nitrogens with one attached hydrogen (secondary N) is 2. The normalized spacial score (nSPS) is 13.2. The van der Waals surface area contributed by atoms with E-state index in [0.29, 0.717) is 11.1 Å². The smallest absolute Gasteiger partial charge is 0.289 e. The molecule has 0 spiro atoms. The minimum atomic E-state index is -3.91. The van der Waals surface area contributed by atoms with Crippen LogP contribution < -0.4 is 10.0 Å². The average molecular weight is 301 g/mol. The third-order valence-corrected chi connectivity index (χ3v) is 4.59. The van der Waals surface area contributed by atoms with Crippen molar-refractivity contribution in [1.29, 1.82) is 0 Å². The average Bonchev–Trinajstić information content (AvgIpc) is 2.38. The summed E-state index contributed by atoms with van der Waals surface area (Å²) in [6.07, 6.45) is 0. The molecule has 8 heteroatoms. The van der Waals surface area contributed by atoms with Gasteiger partial charge in [0, 0.05) is 18.7 Å². The summed E-state index contributed by atoms with van der Waals surface area (Å²) in [6.45, 7) is 5.38. The van der Waals surface area contributed by atoms with E-state index < -0.39 is 20.6 Å². The Hall–Kier alpha value is -1.51. The molecule has 0 aromatic heterocycles. The second-order valence-electron chi connectivity index (χ2n) is 4.70. The van der Waals surface area contributed by atoms with Crippen LogP contribution in [0.2, 0.25) is 0 Å². The molecule has 20 heavy (non-hydrogen) atoms. The minimum Gasteiger partial charge on any atom is -0.316 e. The minimum absolute atomic E-state index is 0.0737. The maximum atomic E-state index is 12.2. The first-order chi connectivity index (χ1) is 9.19. The monoisotopic (exact) mass is 301 g/mol. The fourth-order valence-electron chi connectivity index (χ4n) is 1.55. The number of sulfonamides is 1. The van der Waals surface area contributed by atoms with E-state index in [0.717, 1.165) is 0 Å². The zero-order chi connectivity index (χ0) is 15.5. The zero-order valence-corrected chi connectivity index (χ0v) is 12.7. The Morgan fingerprint density at radius 3 is 2.35 bits per heavy atom. The molecule has 0 saturated heterocycles. The van der Waals surface area contributed by atoms with E-state index in [4.69, 9.17) is 0 Å². The van der Waals surface area contributed by atoms with E-state index in [-0.39, 0.29) is 17.5 Å². The van der Waals surface area contributed by atoms with Crippen molar-refractivity contribution in [2.45, 2.75) is 31.7 Å². The predicted molar refractivity (Wildman–Crippen MR) is 76.3 cm³/mol. The van der Waals surface area contributed by atoms with Gasteiger partial charge in [0.25, 0.3) is 5.69 Å². The van der Waals surface area contributed by atoms with Gasteiger partial charge in [0.05, 0.1) is 4.92 Å². The Balaban J connectivity index is 3.23. The summed E-state index contributed by atoms with van der Waals surface area (Å²) in [5.74, 6) is 0. The highest BCUT2D eigenvalue weighted by atomic mass is 32.2. The third-order valence-electron chi connectivity index (χ3n) is 3.13. The van der Waals surface area contributed by atoms with Gasteiger partial charge in [0.1, 0.15) is 0 Å². The first kappa shape index (κ1) is 16.5. The van der Waals surface area contributed by atoms with Crippen molar-refractivity contribution in [2.24, 2.45) is 0 Å². The summed E-state index contributed by atoms with van der Waals surface area (Å²) in [7, 11) is -2.21. The second kappa shape index (κ2) is 6.29. The number of hydrogen-bond donors (Lipinski definition) is 2. The molecule has 0 aliphatic rings. The van der Waals surface area contributed by atoms with Gasteiger partial charge in [0.15, 0.2) is 4.90 Å². The highest BCUT2D eigenvalue weighted by Crippen LogP contribution is 2.27. The Morgan fingerprint density at radius 2 is 1.85 bits per heavy atom. The summed E-state index contributed by atoms with van der Waals surface area (Å²) in [5.41, 5.74) is 0.967. The van der Waals surface area contributed by atoms with Crippen LogP contribution in [-0.4, -0.2) is 33.0 Å². The molecule has 7 nitrogen and oxygen atoms in total. The maximum absolute atomic E-state index is 12.2. The van der Waals surface area contributed by atoms with Crippen LogP contribution in [0.5, 0.6) is 0 Å². The molecule has 1 atom stereocenters. The molecule has 0 fully saturated rings. The van der Waals surface area contributed by atoms with Gasteiger partial charge >= 0.3 is 0 Å². The molecule has 1 unspecified atom stereocenters. The fraction of sp³-hybridized carbons (Fsp3) is 0.500. The number of nitro groups is 1. The molecule has 0 bridgehead atoms. The lowest BCUT2D eigenvalue weighted by atomic mass is 10.1. The topological polar surface area (TPSA) is 101 Å². The van der Waals surface area contributed by atoms with E-state index >= 15 is 0 Å². The zero-order valence-electron chi connectivity index (χ0n) is 11.9. The predicted octanol–water partition coefficient (Wildman–Crippen LogP) is 1.10. The van der Waals surface area contributed by atoms with E-state index in [1.165, 1.54) is 12.1 Å². The van der Waals surface area contributed by atoms with Gasteiger partial charge in [-0.15, -0.1) is 0 Å². The van der Waals surface area contributed by atoms with E-state index in [9.17, 15) is 18.5 Å². The molecular weight excluding hydrogens is 282 g/mol. The number of rotatable bonds is 6. The number of aryl methyl sites for hydroxylation is 2. The molecular formula is C12H19N3O4S. The quantitative estimate of drug-likeness (QED) is 0.605. The molecule has 0 heterocycles. The number of benzene rings is 1. The lowest BCUT2D eigenvalue weighted by molar-refractivity contribution is -0.387. The van der Waals surface area contributed by atoms with Gasteiger partial charge < -0.3 is 5.32 Å². The fourth-order valence-corrected chi connectivity index (χ4v) is 2.91. The standard InChI is InChI=1S/C12H19N3O4S/c1-8-5-11(15(16)17)12(6-9(8)2)20(18,19)14-7-10(3)13-4/h5-6,10,13-14H,7H2,1-4H3. The molecule has 0 amide bonds. The lowest BCUT2D eigenvalue weighted by Gasteiger charge is -2.13. The lowest BCUT2D eigenvalue weighted by Crippen LogP contribution is -2.37. The highest BCUT2D eigenvalue weighted by molar-refractivity contribution is 7.89. The molecule has 1 aromatic rings. The number of hydrogen-bond acceptors (Lipinski definition) is 5. The van der Waals surface area contributed by atoms with Crippen molar-refractivity contribution < 1.29 is 13.3 Å². The van der Waals surface area contributed by atoms with Crippen molar-refractivity contribution in [3.63, 3.8) is 0 Å². The van der Waals surface area contributed by atoms with Crippen molar-refractivity contribution >= 4 is 15.7 Å². The van der Waals surface area contributed by atoms with Crippen LogP contribution in [0.4, 0.5) is 5.69 Å². The molecule has 0 radical (unpaired) electrons. The van der Waals surface area contributed by atoms with Gasteiger partial charge in [-0.05, 0) is 45.0 Å². The summed E-state index contributed by atoms with van der Waals surface area (Å²) in [4.78, 5) is 10.1. The van der Waals surface area contributed by atoms with E-state index in [2.05, 4.69) is 10.0 Å². The van der Waals surface area contributed by atoms with Crippen LogP contribution >= 0.6 is 0 Å². The van der Waals surface area contributed by atoms with Crippen molar-refractivity contribution in [3.05, 3.63) is 33.4 Å². The van der Waals surface area contributed by atoms with Crippen LogP contribution in [0, 0.1) is 24.0 Å². The summed E-state index contributed by atoms with van der Waals surface area (Å²) < 4.78 is 26.8. The second-order valence-corrected chi connectivity index (χ2v) is 6.44. The molecule has 0 aliphatic carbocycles. The van der Waals surface area contributed by atoms with Crippen LogP contribution in [0.15, 0.2) is 17.0 Å². The SMILES string of the molecule is CNC(C)CNS(=O)(=O)c1cc(C)c(C)cc1[N+](=O)[O-]. The molecule has 0 aliphatic heterocycles. The van der Waals surface area contributed by atoms with Gasteiger partial charge in [-0.1, -0.05) is 0 Å².